The molecule has 2 aromatic heterocycles. The Kier molecular flexibility index (Phi) is 8.19. The number of aromatic nitrogens is 3. The van der Waals surface area contributed by atoms with Crippen molar-refractivity contribution in [3.05, 3.63) is 63.8 Å². The van der Waals surface area contributed by atoms with E-state index in [2.05, 4.69) is 25.4 Å². The number of hydrogen-bond acceptors (Lipinski definition) is 8. The Bertz CT molecular complexity index is 1490. The van der Waals surface area contributed by atoms with Crippen LogP contribution < -0.4 is 20.7 Å². The van der Waals surface area contributed by atoms with Crippen molar-refractivity contribution >= 4 is 23.1 Å². The fourth-order valence-corrected chi connectivity index (χ4v) is 5.24. The van der Waals surface area contributed by atoms with Gasteiger partial charge in [-0.2, -0.15) is 13.2 Å². The van der Waals surface area contributed by atoms with Crippen LogP contribution in [0.3, 0.4) is 0 Å². The lowest BCUT2D eigenvalue weighted by Crippen LogP contribution is -2.55. The highest BCUT2D eigenvalue weighted by Gasteiger charge is 2.36. The maximum atomic E-state index is 15.7. The average molecular weight is 590 g/mol. The first-order valence-corrected chi connectivity index (χ1v) is 13.5. The molecular formula is C28H31F4N7O3. The quantitative estimate of drug-likeness (QED) is 0.435. The van der Waals surface area contributed by atoms with Crippen LogP contribution in [0, 0.1) is 5.82 Å². The zero-order chi connectivity index (χ0) is 30.2. The van der Waals surface area contributed by atoms with Gasteiger partial charge in [-0.1, -0.05) is 0 Å². The Morgan fingerprint density at radius 3 is 2.36 bits per heavy atom. The number of benzene rings is 1. The molecule has 2 N–H and O–H groups in total. The van der Waals surface area contributed by atoms with Gasteiger partial charge in [0.15, 0.2) is 5.82 Å². The molecule has 2 aliphatic heterocycles. The minimum absolute atomic E-state index is 0.0165. The predicted octanol–water partition coefficient (Wildman–Crippen LogP) is 3.61. The van der Waals surface area contributed by atoms with E-state index in [1.54, 1.807) is 12.1 Å². The van der Waals surface area contributed by atoms with Crippen molar-refractivity contribution in [3.63, 3.8) is 0 Å². The normalized spacial score (nSPS) is 20.1. The highest BCUT2D eigenvalue weighted by molar-refractivity contribution is 6.07. The number of halogens is 4. The topological polar surface area (TPSA) is 107 Å². The molecule has 224 valence electrons. The van der Waals surface area contributed by atoms with Gasteiger partial charge >= 0.3 is 6.18 Å². The molecule has 14 heteroatoms. The lowest BCUT2D eigenvalue weighted by atomic mass is 10.0. The minimum atomic E-state index is -4.95. The van der Waals surface area contributed by atoms with Crippen LogP contribution in [-0.4, -0.2) is 84.5 Å². The largest absolute Gasteiger partial charge is 0.417 e. The molecule has 0 radical (unpaired) electrons. The molecule has 2 saturated heterocycles. The number of likely N-dealkylation sites (N-methyl/N-ethyl adjacent to an activating group) is 1. The van der Waals surface area contributed by atoms with Crippen molar-refractivity contribution in [1.29, 1.82) is 0 Å². The number of H-pyrrole nitrogens is 1. The molecule has 1 aromatic carbocycles. The molecule has 5 rings (SSSR count). The maximum absolute atomic E-state index is 15.7. The standard InChI is InChI=1S/C28H31F4N7O3/c1-16-14-39(15-17(2)37(16)3)24-12-21(29)18(22-4-5-25(36-35-22)38-6-8-42-9-7-38)10-23(24)34-27(41)19-13-33-26(40)11-20(19)28(30,31)32/h4-5,10-13,16-17H,6-9,14-15H2,1-3H3,(H,33,40)(H,34,41)/t16-,17+. The summed E-state index contributed by atoms with van der Waals surface area (Å²) in [6.45, 7) is 7.38. The SMILES string of the molecule is C[C@@H]1CN(c2cc(F)c(-c3ccc(N4CCOCC4)nn3)cc2NC(=O)c2c[nH]c(=O)cc2C(F)(F)F)C[C@H](C)N1C. The van der Waals surface area contributed by atoms with Crippen LogP contribution in [0.1, 0.15) is 29.8 Å². The number of anilines is 3. The first kappa shape index (κ1) is 29.5. The maximum Gasteiger partial charge on any atom is 0.417 e. The third-order valence-electron chi connectivity index (χ3n) is 7.77. The molecule has 0 unspecified atom stereocenters. The first-order valence-electron chi connectivity index (χ1n) is 13.5. The molecule has 2 atom stereocenters. The summed E-state index contributed by atoms with van der Waals surface area (Å²) in [5, 5.41) is 11.0. The Morgan fingerprint density at radius 2 is 1.74 bits per heavy atom. The number of aromatic amines is 1. The van der Waals surface area contributed by atoms with Gasteiger partial charge in [0.05, 0.1) is 41.4 Å². The number of nitrogens with one attached hydrogen (secondary N) is 2. The van der Waals surface area contributed by atoms with Crippen molar-refractivity contribution < 1.29 is 27.1 Å². The smallest absolute Gasteiger partial charge is 0.378 e. The lowest BCUT2D eigenvalue weighted by molar-refractivity contribution is -0.138. The van der Waals surface area contributed by atoms with Crippen LogP contribution in [-0.2, 0) is 10.9 Å². The summed E-state index contributed by atoms with van der Waals surface area (Å²) in [6, 6.07) is 6.41. The predicted molar refractivity (Wildman–Crippen MR) is 149 cm³/mol. The van der Waals surface area contributed by atoms with Crippen molar-refractivity contribution in [2.75, 3.05) is 61.6 Å². The molecule has 0 spiro atoms. The number of carbonyl (C=O) groups is 1. The van der Waals surface area contributed by atoms with Crippen LogP contribution in [0.25, 0.3) is 11.3 Å². The molecule has 1 amide bonds. The molecule has 0 saturated carbocycles. The van der Waals surface area contributed by atoms with E-state index in [9.17, 15) is 22.8 Å². The Labute approximate surface area is 239 Å². The van der Waals surface area contributed by atoms with Gasteiger partial charge in [0, 0.05) is 62.2 Å². The molecule has 4 heterocycles. The lowest BCUT2D eigenvalue weighted by Gasteiger charge is -2.44. The number of nitrogens with zero attached hydrogens (tertiary/aromatic N) is 5. The number of alkyl halides is 3. The number of rotatable bonds is 5. The van der Waals surface area contributed by atoms with Gasteiger partial charge in [0.1, 0.15) is 5.82 Å². The van der Waals surface area contributed by atoms with Gasteiger partial charge in [-0.15, -0.1) is 10.2 Å². The molecule has 0 bridgehead atoms. The highest BCUT2D eigenvalue weighted by Crippen LogP contribution is 2.37. The van der Waals surface area contributed by atoms with Crippen LogP contribution in [0.4, 0.5) is 34.8 Å². The van der Waals surface area contributed by atoms with Crippen LogP contribution in [0.2, 0.25) is 0 Å². The summed E-state index contributed by atoms with van der Waals surface area (Å²) >= 11 is 0. The van der Waals surface area contributed by atoms with E-state index < -0.39 is 34.6 Å². The summed E-state index contributed by atoms with van der Waals surface area (Å²) in [4.78, 5) is 33.1. The zero-order valence-corrected chi connectivity index (χ0v) is 23.3. The number of hydrogen-bond donors (Lipinski definition) is 2. The number of ether oxygens (including phenoxy) is 1. The van der Waals surface area contributed by atoms with Gasteiger partial charge in [-0.05, 0) is 39.1 Å². The number of amides is 1. The van der Waals surface area contributed by atoms with Crippen molar-refractivity contribution in [3.8, 4) is 11.3 Å². The molecular weight excluding hydrogens is 558 g/mol. The summed E-state index contributed by atoms with van der Waals surface area (Å²) in [5.41, 5.74) is -2.53. The first-order chi connectivity index (χ1) is 19.9. The van der Waals surface area contributed by atoms with E-state index in [1.807, 2.05) is 30.7 Å². The second-order valence-corrected chi connectivity index (χ2v) is 10.6. The molecule has 2 aliphatic rings. The summed E-state index contributed by atoms with van der Waals surface area (Å²) in [6.07, 6.45) is -4.22. The molecule has 2 fully saturated rings. The zero-order valence-electron chi connectivity index (χ0n) is 23.3. The number of pyridine rings is 1. The Balaban J connectivity index is 1.54. The molecule has 10 nitrogen and oxygen atoms in total. The van der Waals surface area contributed by atoms with Crippen LogP contribution in [0.15, 0.2) is 41.3 Å². The second kappa shape index (κ2) is 11.7. The van der Waals surface area contributed by atoms with Gasteiger partial charge in [0.25, 0.3) is 5.91 Å². The summed E-state index contributed by atoms with van der Waals surface area (Å²) in [7, 11) is 1.98. The van der Waals surface area contributed by atoms with Crippen LogP contribution in [0.5, 0.6) is 0 Å². The number of morpholine rings is 1. The van der Waals surface area contributed by atoms with E-state index in [0.717, 1.165) is 6.20 Å². The summed E-state index contributed by atoms with van der Waals surface area (Å²) < 4.78 is 62.2. The van der Waals surface area contributed by atoms with E-state index in [4.69, 9.17) is 4.74 Å². The number of carbonyl (C=O) groups excluding carboxylic acids is 1. The average Bonchev–Trinajstić information content (AvgIpc) is 2.96. The van der Waals surface area contributed by atoms with Gasteiger partial charge in [-0.3, -0.25) is 14.5 Å². The number of piperazine rings is 1. The highest BCUT2D eigenvalue weighted by atomic mass is 19.4. The fraction of sp³-hybridized carbons (Fsp3) is 0.429. The van der Waals surface area contributed by atoms with E-state index in [0.29, 0.717) is 57.0 Å². The molecule has 0 aliphatic carbocycles. The van der Waals surface area contributed by atoms with Crippen molar-refractivity contribution in [1.82, 2.24) is 20.1 Å². The van der Waals surface area contributed by atoms with Gasteiger partial charge < -0.3 is 24.8 Å². The van der Waals surface area contributed by atoms with Crippen LogP contribution >= 0.6 is 0 Å². The third kappa shape index (κ3) is 6.09. The fourth-order valence-electron chi connectivity index (χ4n) is 5.24. The van der Waals surface area contributed by atoms with E-state index in [-0.39, 0.29) is 29.0 Å². The Morgan fingerprint density at radius 1 is 1.05 bits per heavy atom. The molecule has 42 heavy (non-hydrogen) atoms. The monoisotopic (exact) mass is 589 g/mol. The molecule has 3 aromatic rings. The van der Waals surface area contributed by atoms with E-state index in [1.165, 1.54) is 12.1 Å². The van der Waals surface area contributed by atoms with Gasteiger partial charge in [-0.25, -0.2) is 4.39 Å². The van der Waals surface area contributed by atoms with Gasteiger partial charge in [0.2, 0.25) is 5.56 Å². The van der Waals surface area contributed by atoms with Crippen molar-refractivity contribution in [2.24, 2.45) is 0 Å². The minimum Gasteiger partial charge on any atom is -0.378 e. The van der Waals surface area contributed by atoms with E-state index >= 15 is 4.39 Å². The Hall–Kier alpha value is -4.04. The summed E-state index contributed by atoms with van der Waals surface area (Å²) in [5.74, 6) is -1.14. The van der Waals surface area contributed by atoms with Crippen molar-refractivity contribution in [2.45, 2.75) is 32.1 Å². The third-order valence-corrected chi connectivity index (χ3v) is 7.77. The second-order valence-electron chi connectivity index (χ2n) is 10.6.